The van der Waals surface area contributed by atoms with E-state index in [1.165, 1.54) is 44.4 Å². The molecule has 3 heterocycles. The Morgan fingerprint density at radius 3 is 2.04 bits per heavy atom. The average Bonchev–Trinajstić information content (AvgIpc) is 3.61. The van der Waals surface area contributed by atoms with Crippen LogP contribution in [0.25, 0.3) is 21.5 Å². The number of benzene rings is 4. The summed E-state index contributed by atoms with van der Waals surface area (Å²) in [6, 6.07) is 24.6. The molecule has 0 spiro atoms. The molecule has 4 aromatic rings. The number of hydrogen-bond acceptors (Lipinski definition) is 4. The van der Waals surface area contributed by atoms with Crippen molar-refractivity contribution < 1.29 is 79.6 Å². The van der Waals surface area contributed by atoms with Crippen molar-refractivity contribution in [2.75, 3.05) is 18.0 Å². The largest absolute Gasteiger partial charge is 0.352 e. The van der Waals surface area contributed by atoms with Gasteiger partial charge in [0.1, 0.15) is 5.78 Å². The monoisotopic (exact) mass is 909 g/mol. The summed E-state index contributed by atoms with van der Waals surface area (Å²) in [5.41, 5.74) is 15.6. The topological polar surface area (TPSA) is 78.4 Å². The van der Waals surface area contributed by atoms with Crippen molar-refractivity contribution in [1.29, 1.82) is 0 Å². The molecule has 4 aromatic carbocycles. The van der Waals surface area contributed by atoms with Crippen LogP contribution in [0.2, 0.25) is 0 Å². The number of Topliss-reactive ketones (excluding diaryl/α,β-unsaturated/α-hetero) is 1. The van der Waals surface area contributed by atoms with Crippen LogP contribution in [0.3, 0.4) is 0 Å². The maximum Gasteiger partial charge on any atom is 0.227 e. The summed E-state index contributed by atoms with van der Waals surface area (Å²) < 4.78 is 2.32. The number of nitrogens with one attached hydrogen (secondary N) is 1. The van der Waals surface area contributed by atoms with Gasteiger partial charge in [-0.05, 0) is 43.4 Å². The maximum atomic E-state index is 13.6. The average molecular weight is 910 g/mol. The van der Waals surface area contributed by atoms with Crippen molar-refractivity contribution >= 4 is 50.3 Å². The summed E-state index contributed by atoms with van der Waals surface area (Å²) in [6.07, 6.45) is 18.5. The van der Waals surface area contributed by atoms with Crippen molar-refractivity contribution in [1.82, 2.24) is 5.32 Å². The number of allylic oxidation sites excluding steroid dienone is 8. The zero-order chi connectivity index (χ0) is 38.9. The Morgan fingerprint density at radius 2 is 1.39 bits per heavy atom. The van der Waals surface area contributed by atoms with Crippen LogP contribution in [0.4, 0.5) is 11.4 Å². The summed E-state index contributed by atoms with van der Waals surface area (Å²) in [5.74, 6) is -0.135. The van der Waals surface area contributed by atoms with Crippen molar-refractivity contribution in [3.8, 4) is 0 Å². The number of carbonyl (C=O) groups excluding carboxylic acids is 2. The van der Waals surface area contributed by atoms with Crippen LogP contribution in [0.5, 0.6) is 0 Å². The van der Waals surface area contributed by atoms with Gasteiger partial charge >= 0.3 is 0 Å². The minimum absolute atomic E-state index is 0. The molecule has 57 heavy (non-hydrogen) atoms. The number of amides is 1. The van der Waals surface area contributed by atoms with Gasteiger partial charge in [-0.1, -0.05) is 95.7 Å². The number of nitrogens with zero attached hydrogens (tertiary/aromatic N) is 2. The van der Waals surface area contributed by atoms with Crippen LogP contribution < -0.4 is 16.0 Å². The first-order valence-electron chi connectivity index (χ1n) is 20.2. The number of carbonyl (C=O) groups is 2. The van der Waals surface area contributed by atoms with Crippen LogP contribution in [0.15, 0.2) is 96.8 Å². The number of hydrogen-bond donors (Lipinski definition) is 2. The molecular weight excluding hydrogens is 854 g/mol. The molecule has 2 radical (unpaired) electrons. The zero-order valence-electron chi connectivity index (χ0n) is 34.5. The quantitative estimate of drug-likeness (QED) is 0.158. The van der Waals surface area contributed by atoms with Gasteiger partial charge < -0.3 is 16.0 Å². The summed E-state index contributed by atoms with van der Waals surface area (Å²) >= 11 is 0. The maximum absolute atomic E-state index is 13.6. The molecule has 0 aromatic heterocycles. The SMILES string of the molecule is CCC1(CC)C2=[N+](CCC(=O)NC(N)CC(=O)CCN3/C(=C/C=C/C=C/C=C/2)C(CC)(CC)c2c3ccc3cc(C)c[c-]c23)c2ccc3cc(C)c[c-]c3c21.[Y].[Y]. The Morgan fingerprint density at radius 1 is 0.789 bits per heavy atom. The van der Waals surface area contributed by atoms with E-state index in [-0.39, 0.29) is 101 Å². The molecule has 0 saturated heterocycles. The van der Waals surface area contributed by atoms with Gasteiger partial charge in [0.2, 0.25) is 5.91 Å². The third kappa shape index (κ3) is 8.33. The normalized spacial score (nSPS) is 21.8. The van der Waals surface area contributed by atoms with E-state index in [9.17, 15) is 9.59 Å². The Hall–Kier alpha value is -2.86. The minimum Gasteiger partial charge on any atom is -0.352 e. The molecule has 0 fully saturated rings. The fourth-order valence-electron chi connectivity index (χ4n) is 9.69. The smallest absolute Gasteiger partial charge is 0.227 e. The van der Waals surface area contributed by atoms with Crippen LogP contribution >= 0.6 is 0 Å². The molecule has 1 atom stereocenters. The van der Waals surface area contributed by atoms with Gasteiger partial charge in [-0.3, -0.25) is 9.59 Å². The number of rotatable bonds is 4. The second kappa shape index (κ2) is 19.0. The Kier molecular flexibility index (Phi) is 15.1. The second-order valence-corrected chi connectivity index (χ2v) is 15.6. The molecule has 290 valence electrons. The molecule has 7 rings (SSSR count). The molecule has 1 amide bonds. The fourth-order valence-corrected chi connectivity index (χ4v) is 9.69. The first-order valence-corrected chi connectivity index (χ1v) is 20.2. The summed E-state index contributed by atoms with van der Waals surface area (Å²) in [4.78, 5) is 29.4. The Bertz CT molecular complexity index is 2330. The van der Waals surface area contributed by atoms with Crippen LogP contribution in [-0.2, 0) is 85.8 Å². The van der Waals surface area contributed by atoms with Gasteiger partial charge in [-0.15, -0.1) is 69.1 Å². The summed E-state index contributed by atoms with van der Waals surface area (Å²) in [5, 5.41) is 7.60. The number of aryl methyl sites for hydroxylation is 2. The van der Waals surface area contributed by atoms with Crippen molar-refractivity contribution in [2.24, 2.45) is 5.73 Å². The van der Waals surface area contributed by atoms with E-state index in [1.807, 2.05) is 0 Å². The van der Waals surface area contributed by atoms with Gasteiger partial charge in [-0.2, -0.15) is 0 Å². The van der Waals surface area contributed by atoms with E-state index in [4.69, 9.17) is 5.73 Å². The zero-order valence-corrected chi connectivity index (χ0v) is 40.2. The third-order valence-electron chi connectivity index (χ3n) is 12.5. The number of nitrogens with two attached hydrogens (primary N) is 1. The molecule has 3 aliphatic heterocycles. The van der Waals surface area contributed by atoms with Gasteiger partial charge in [0, 0.05) is 108 Å². The molecule has 6 nitrogen and oxygen atoms in total. The first-order chi connectivity index (χ1) is 26.6. The standard InChI is InChI=1S/C49H55N4O2.2Y/c1-7-48(8-2)42-16-14-12-11-13-15-17-43-49(9-3,10-4)47-39-23-19-34(6)31-36(39)21-25-41(47)53(43)29-27-45(55)51-44(50)32-37(54)26-28-52(42)40-24-20-35-30-33(5)18-22-38(35)46(40)48;;/h11-21,24-25,30-31,44H,7-10,26-29,32,50H2,1-6H3,(H,51,55);;/q-1;;. The molecule has 1 unspecified atom stereocenters. The van der Waals surface area contributed by atoms with Crippen LogP contribution in [0.1, 0.15) is 94.9 Å². The van der Waals surface area contributed by atoms with Gasteiger partial charge in [-0.25, -0.2) is 4.58 Å². The predicted octanol–water partition coefficient (Wildman–Crippen LogP) is 9.65. The third-order valence-corrected chi connectivity index (χ3v) is 12.5. The van der Waals surface area contributed by atoms with Gasteiger partial charge in [0.25, 0.3) is 0 Å². The Balaban J connectivity index is 0.00000310. The molecular formula is C49H55N4O2Y2-. The van der Waals surface area contributed by atoms with E-state index in [2.05, 4.69) is 160 Å². The molecule has 0 aliphatic carbocycles. The fraction of sp³-hybridized carbons (Fsp3) is 0.367. The van der Waals surface area contributed by atoms with E-state index < -0.39 is 6.17 Å². The molecule has 8 heteroatoms. The predicted molar refractivity (Wildman–Crippen MR) is 227 cm³/mol. The number of anilines is 1. The number of fused-ring (bicyclic) bond motifs is 9. The number of ketones is 1. The van der Waals surface area contributed by atoms with E-state index >= 15 is 0 Å². The van der Waals surface area contributed by atoms with Gasteiger partial charge in [0.05, 0.1) is 18.0 Å². The Labute approximate surface area is 390 Å². The minimum atomic E-state index is -0.756. The summed E-state index contributed by atoms with van der Waals surface area (Å²) in [6.45, 7) is 14.3. The summed E-state index contributed by atoms with van der Waals surface area (Å²) in [7, 11) is 0. The van der Waals surface area contributed by atoms with Crippen LogP contribution in [0, 0.1) is 26.0 Å². The van der Waals surface area contributed by atoms with Crippen LogP contribution in [-0.4, -0.2) is 41.2 Å². The molecule has 3 N–H and O–H groups in total. The van der Waals surface area contributed by atoms with E-state index in [0.717, 1.165) is 47.8 Å². The second-order valence-electron chi connectivity index (χ2n) is 15.6. The van der Waals surface area contributed by atoms with Crippen molar-refractivity contribution in [3.05, 3.63) is 131 Å². The van der Waals surface area contributed by atoms with E-state index in [1.54, 1.807) is 0 Å². The van der Waals surface area contributed by atoms with Gasteiger partial charge in [0.15, 0.2) is 17.9 Å². The molecule has 0 bridgehead atoms. The molecule has 3 aliphatic rings. The molecule has 0 saturated carbocycles. The van der Waals surface area contributed by atoms with Crippen molar-refractivity contribution in [3.63, 3.8) is 0 Å². The van der Waals surface area contributed by atoms with E-state index in [0.29, 0.717) is 19.5 Å². The first kappa shape index (κ1) is 45.2. The van der Waals surface area contributed by atoms with Crippen molar-refractivity contribution in [2.45, 2.75) is 103 Å².